The van der Waals surface area contributed by atoms with Crippen LogP contribution in [-0.2, 0) is 0 Å². The van der Waals surface area contributed by atoms with Crippen LogP contribution in [0.15, 0.2) is 51.9 Å². The number of amides is 1. The summed E-state index contributed by atoms with van der Waals surface area (Å²) in [5.41, 5.74) is 5.63. The van der Waals surface area contributed by atoms with Crippen molar-refractivity contribution in [2.24, 2.45) is 5.73 Å². The van der Waals surface area contributed by atoms with Crippen LogP contribution in [0.3, 0.4) is 0 Å². The Balaban J connectivity index is 2.10. The molecule has 26 heavy (non-hydrogen) atoms. The average Bonchev–Trinajstić information content (AvgIpc) is 3.27. The first-order chi connectivity index (χ1) is 12.6. The summed E-state index contributed by atoms with van der Waals surface area (Å²) in [5, 5.41) is 0. The minimum atomic E-state index is -0.793. The molecule has 0 saturated heterocycles. The van der Waals surface area contributed by atoms with Crippen molar-refractivity contribution in [2.45, 2.75) is 0 Å². The van der Waals surface area contributed by atoms with E-state index >= 15 is 0 Å². The number of H-pyrrole nitrogens is 1. The largest absolute Gasteiger partial charge is 0.495 e. The van der Waals surface area contributed by atoms with Crippen molar-refractivity contribution in [1.82, 2.24) is 19.5 Å². The first-order valence-corrected chi connectivity index (χ1v) is 7.60. The van der Waals surface area contributed by atoms with Crippen LogP contribution in [0, 0.1) is 0 Å². The van der Waals surface area contributed by atoms with Gasteiger partial charge in [0, 0.05) is 0 Å². The molecule has 3 heterocycles. The van der Waals surface area contributed by atoms with E-state index in [9.17, 15) is 9.59 Å². The Hall–Kier alpha value is -3.88. The third-order valence-corrected chi connectivity index (χ3v) is 3.84. The summed E-state index contributed by atoms with van der Waals surface area (Å²) >= 11 is 0. The molecule has 0 unspecified atom stereocenters. The summed E-state index contributed by atoms with van der Waals surface area (Å²) in [5.74, 6) is 0.154. The molecule has 0 saturated carbocycles. The fourth-order valence-electron chi connectivity index (χ4n) is 2.72. The van der Waals surface area contributed by atoms with Gasteiger partial charge in [0.05, 0.1) is 19.1 Å². The Bertz CT molecular complexity index is 1170. The molecule has 4 rings (SSSR count). The number of ether oxygens (including phenoxy) is 1. The third kappa shape index (κ3) is 2.34. The molecule has 9 heteroatoms. The molecule has 130 valence electrons. The lowest BCUT2D eigenvalue weighted by atomic mass is 10.2. The topological polar surface area (TPSA) is 129 Å². The van der Waals surface area contributed by atoms with Crippen LogP contribution >= 0.6 is 0 Å². The Kier molecular flexibility index (Phi) is 3.54. The fourth-order valence-corrected chi connectivity index (χ4v) is 2.72. The van der Waals surface area contributed by atoms with Crippen molar-refractivity contribution in [3.8, 4) is 23.0 Å². The van der Waals surface area contributed by atoms with Crippen LogP contribution in [-0.4, -0.2) is 32.5 Å². The van der Waals surface area contributed by atoms with E-state index in [1.807, 2.05) is 0 Å². The molecule has 0 aliphatic heterocycles. The molecular weight excluding hydrogens is 338 g/mol. The molecule has 0 aliphatic carbocycles. The summed E-state index contributed by atoms with van der Waals surface area (Å²) in [6, 6.07) is 10.3. The molecule has 0 atom stereocenters. The van der Waals surface area contributed by atoms with Crippen molar-refractivity contribution in [2.75, 3.05) is 7.11 Å². The predicted molar refractivity (Wildman–Crippen MR) is 92.3 cm³/mol. The highest BCUT2D eigenvalue weighted by molar-refractivity contribution is 6.02. The maximum Gasteiger partial charge on any atom is 0.332 e. The molecule has 0 aliphatic rings. The number of para-hydroxylation sites is 2. The van der Waals surface area contributed by atoms with E-state index in [0.717, 1.165) is 0 Å². The number of primary amides is 1. The first kappa shape index (κ1) is 15.6. The number of methoxy groups -OCH3 is 1. The van der Waals surface area contributed by atoms with Gasteiger partial charge in [-0.05, 0) is 24.3 Å². The van der Waals surface area contributed by atoms with Gasteiger partial charge in [0.25, 0.3) is 5.91 Å². The summed E-state index contributed by atoms with van der Waals surface area (Å²) in [7, 11) is 1.50. The highest BCUT2D eigenvalue weighted by atomic mass is 16.5. The van der Waals surface area contributed by atoms with Gasteiger partial charge in [0.1, 0.15) is 11.3 Å². The number of imidazole rings is 1. The van der Waals surface area contributed by atoms with E-state index < -0.39 is 11.6 Å². The monoisotopic (exact) mass is 351 g/mol. The van der Waals surface area contributed by atoms with Crippen molar-refractivity contribution >= 4 is 17.1 Å². The van der Waals surface area contributed by atoms with E-state index in [1.165, 1.54) is 17.9 Å². The van der Waals surface area contributed by atoms with Gasteiger partial charge >= 0.3 is 5.69 Å². The second-order valence-corrected chi connectivity index (χ2v) is 5.37. The first-order valence-electron chi connectivity index (χ1n) is 7.60. The number of benzene rings is 1. The Morgan fingerprint density at radius 1 is 1.23 bits per heavy atom. The van der Waals surface area contributed by atoms with Gasteiger partial charge in [-0.2, -0.15) is 0 Å². The summed E-state index contributed by atoms with van der Waals surface area (Å²) < 4.78 is 11.9. The smallest absolute Gasteiger partial charge is 0.332 e. The number of hydrogen-bond acceptors (Lipinski definition) is 6. The number of aromatic amines is 1. The van der Waals surface area contributed by atoms with Crippen LogP contribution < -0.4 is 16.2 Å². The highest BCUT2D eigenvalue weighted by Crippen LogP contribution is 2.26. The number of rotatable bonds is 4. The molecule has 0 fully saturated rings. The van der Waals surface area contributed by atoms with Crippen molar-refractivity contribution < 1.29 is 13.9 Å². The molecule has 0 radical (unpaired) electrons. The number of nitrogens with two attached hydrogens (primary N) is 1. The lowest BCUT2D eigenvalue weighted by Gasteiger charge is -2.09. The number of furan rings is 1. The van der Waals surface area contributed by atoms with Crippen molar-refractivity contribution in [3.05, 3.63) is 58.8 Å². The minimum Gasteiger partial charge on any atom is -0.495 e. The zero-order chi connectivity index (χ0) is 18.3. The van der Waals surface area contributed by atoms with Gasteiger partial charge in [-0.15, -0.1) is 0 Å². The quantitative estimate of drug-likeness (QED) is 0.573. The van der Waals surface area contributed by atoms with Gasteiger partial charge in [-0.3, -0.25) is 4.79 Å². The molecular formula is C17H13N5O4. The van der Waals surface area contributed by atoms with Crippen LogP contribution in [0.2, 0.25) is 0 Å². The van der Waals surface area contributed by atoms with Gasteiger partial charge in [0.15, 0.2) is 22.9 Å². The molecule has 9 nitrogen and oxygen atoms in total. The molecule has 0 spiro atoms. The highest BCUT2D eigenvalue weighted by Gasteiger charge is 2.22. The van der Waals surface area contributed by atoms with Crippen molar-refractivity contribution in [3.63, 3.8) is 0 Å². The number of nitrogens with one attached hydrogen (secondary N) is 1. The normalized spacial score (nSPS) is 11.0. The number of carbonyl (C=O) groups excluding carboxylic acids is 1. The van der Waals surface area contributed by atoms with E-state index in [0.29, 0.717) is 17.2 Å². The number of nitrogens with zero attached hydrogens (tertiary/aromatic N) is 3. The molecule has 1 amide bonds. The van der Waals surface area contributed by atoms with Gasteiger partial charge in [-0.1, -0.05) is 12.1 Å². The lowest BCUT2D eigenvalue weighted by Crippen LogP contribution is -2.16. The molecule has 3 N–H and O–H groups in total. The second-order valence-electron chi connectivity index (χ2n) is 5.37. The zero-order valence-corrected chi connectivity index (χ0v) is 13.6. The van der Waals surface area contributed by atoms with Gasteiger partial charge < -0.3 is 19.9 Å². The van der Waals surface area contributed by atoms with E-state index in [-0.39, 0.29) is 22.7 Å². The average molecular weight is 351 g/mol. The van der Waals surface area contributed by atoms with Gasteiger partial charge in [0.2, 0.25) is 0 Å². The van der Waals surface area contributed by atoms with Crippen LogP contribution in [0.25, 0.3) is 28.4 Å². The van der Waals surface area contributed by atoms with E-state index in [2.05, 4.69) is 15.0 Å². The second kappa shape index (κ2) is 5.88. The van der Waals surface area contributed by atoms with E-state index in [1.54, 1.807) is 36.4 Å². The Labute approximate surface area is 146 Å². The summed E-state index contributed by atoms with van der Waals surface area (Å²) in [4.78, 5) is 35.6. The van der Waals surface area contributed by atoms with Crippen LogP contribution in [0.5, 0.6) is 5.75 Å². The standard InChI is InChI=1S/C17H13N5O4/c1-25-10-6-3-2-5-9(10)22-16-13(20-17(22)24)12(14(18)23)19-15(21-16)11-7-4-8-26-11/h2-8H,1H3,(H2,18,23)(H,20,24). The molecule has 1 aromatic carbocycles. The fraction of sp³-hybridized carbons (Fsp3) is 0.0588. The third-order valence-electron chi connectivity index (χ3n) is 3.84. The summed E-state index contributed by atoms with van der Waals surface area (Å²) in [6.45, 7) is 0. The minimum absolute atomic E-state index is 0.104. The number of hydrogen-bond donors (Lipinski definition) is 2. The lowest BCUT2D eigenvalue weighted by molar-refractivity contribution is 0.0997. The molecule has 3 aromatic heterocycles. The Morgan fingerprint density at radius 3 is 2.73 bits per heavy atom. The SMILES string of the molecule is COc1ccccc1-n1c(=O)[nH]c2c(C(N)=O)nc(-c3ccco3)nc21. The zero-order valence-electron chi connectivity index (χ0n) is 13.6. The molecule has 4 aromatic rings. The van der Waals surface area contributed by atoms with Crippen LogP contribution in [0.4, 0.5) is 0 Å². The maximum atomic E-state index is 12.6. The number of aromatic nitrogens is 4. The van der Waals surface area contributed by atoms with Crippen molar-refractivity contribution in [1.29, 1.82) is 0 Å². The van der Waals surface area contributed by atoms with Gasteiger partial charge in [-0.25, -0.2) is 19.3 Å². The number of fused-ring (bicyclic) bond motifs is 1. The summed E-state index contributed by atoms with van der Waals surface area (Å²) in [6.07, 6.45) is 1.46. The number of carbonyl (C=O) groups is 1. The predicted octanol–water partition coefficient (Wildman–Crippen LogP) is 1.48. The molecule has 0 bridgehead atoms. The van der Waals surface area contributed by atoms with E-state index in [4.69, 9.17) is 14.9 Å². The Morgan fingerprint density at radius 2 is 2.04 bits per heavy atom. The maximum absolute atomic E-state index is 12.6. The van der Waals surface area contributed by atoms with Crippen LogP contribution in [0.1, 0.15) is 10.5 Å².